The Morgan fingerprint density at radius 2 is 0.728 bits per heavy atom. The molecule has 3 aromatic heterocycles. The van der Waals surface area contributed by atoms with Gasteiger partial charge in [0.2, 0.25) is 5.95 Å². The van der Waals surface area contributed by atoms with Crippen molar-refractivity contribution in [2.75, 3.05) is 0 Å². The van der Waals surface area contributed by atoms with Gasteiger partial charge in [0.25, 0.3) is 0 Å². The Balaban J connectivity index is 0.866. The zero-order valence-corrected chi connectivity index (χ0v) is 43.9. The maximum Gasteiger partial charge on any atom is 0.238 e. The van der Waals surface area contributed by atoms with Crippen LogP contribution in [-0.2, 0) is 5.41 Å². The molecule has 376 valence electrons. The first-order chi connectivity index (χ1) is 40.2. The lowest BCUT2D eigenvalue weighted by atomic mass is 9.67. The number of nitrogens with zero attached hydrogens (tertiary/aromatic N) is 5. The van der Waals surface area contributed by atoms with Crippen molar-refractivity contribution < 1.29 is 0 Å². The highest BCUT2D eigenvalue weighted by atomic mass is 15.2. The van der Waals surface area contributed by atoms with Crippen molar-refractivity contribution in [3.8, 4) is 56.7 Å². The van der Waals surface area contributed by atoms with Crippen LogP contribution in [0.4, 0.5) is 0 Å². The Morgan fingerprint density at radius 3 is 1.38 bits per heavy atom. The van der Waals surface area contributed by atoms with Crippen molar-refractivity contribution in [1.82, 2.24) is 24.1 Å². The van der Waals surface area contributed by atoms with Crippen LogP contribution in [0, 0.1) is 0 Å². The number of hydrogen-bond acceptors (Lipinski definition) is 3. The molecule has 0 unspecified atom stereocenters. The van der Waals surface area contributed by atoms with Crippen molar-refractivity contribution in [3.05, 3.63) is 307 Å². The topological polar surface area (TPSA) is 48.5 Å². The van der Waals surface area contributed by atoms with Gasteiger partial charge in [-0.05, 0) is 125 Å². The highest BCUT2D eigenvalue weighted by molar-refractivity contribution is 6.29. The third-order valence-corrected chi connectivity index (χ3v) is 17.2. The molecule has 81 heavy (non-hydrogen) atoms. The zero-order valence-electron chi connectivity index (χ0n) is 43.9. The average Bonchev–Trinajstić information content (AvgIpc) is 3.49. The molecule has 1 aliphatic rings. The first-order valence-corrected chi connectivity index (χ1v) is 27.8. The first-order valence-electron chi connectivity index (χ1n) is 27.8. The van der Waals surface area contributed by atoms with Gasteiger partial charge < -0.3 is 4.57 Å². The lowest BCUT2D eigenvalue weighted by Gasteiger charge is -2.34. The quantitative estimate of drug-likeness (QED) is 0.149. The fourth-order valence-electron chi connectivity index (χ4n) is 13.8. The van der Waals surface area contributed by atoms with Gasteiger partial charge in [-0.15, -0.1) is 0 Å². The van der Waals surface area contributed by atoms with Crippen molar-refractivity contribution in [2.24, 2.45) is 0 Å². The van der Waals surface area contributed by atoms with Crippen molar-refractivity contribution in [2.45, 2.75) is 5.41 Å². The van der Waals surface area contributed by atoms with Crippen LogP contribution in [0.25, 0.3) is 133 Å². The molecule has 0 N–H and O–H groups in total. The fraction of sp³-hybridized carbons (Fsp3) is 0.0132. The van der Waals surface area contributed by atoms with E-state index in [1.807, 2.05) is 18.2 Å². The summed E-state index contributed by atoms with van der Waals surface area (Å²) < 4.78 is 4.69. The molecule has 0 radical (unpaired) electrons. The number of para-hydroxylation sites is 2. The van der Waals surface area contributed by atoms with Crippen LogP contribution < -0.4 is 0 Å². The summed E-state index contributed by atoms with van der Waals surface area (Å²) in [5, 5.41) is 12.3. The van der Waals surface area contributed by atoms with E-state index in [4.69, 9.17) is 15.0 Å². The van der Waals surface area contributed by atoms with Crippen molar-refractivity contribution in [3.63, 3.8) is 0 Å². The number of fused-ring (bicyclic) bond motifs is 16. The molecule has 0 amide bonds. The Kier molecular flexibility index (Phi) is 9.86. The minimum Gasteiger partial charge on any atom is -0.309 e. The van der Waals surface area contributed by atoms with E-state index in [2.05, 4.69) is 276 Å². The van der Waals surface area contributed by atoms with Crippen LogP contribution in [0.5, 0.6) is 0 Å². The molecule has 0 fully saturated rings. The highest BCUT2D eigenvalue weighted by Gasteiger charge is 2.46. The van der Waals surface area contributed by atoms with Gasteiger partial charge in [0.1, 0.15) is 0 Å². The van der Waals surface area contributed by atoms with Gasteiger partial charge in [-0.25, -0.2) is 4.98 Å². The predicted molar refractivity (Wildman–Crippen MR) is 335 cm³/mol. The summed E-state index contributed by atoms with van der Waals surface area (Å²) in [7, 11) is 0. The molecular formula is C76H47N5. The average molecular weight is 1030 g/mol. The van der Waals surface area contributed by atoms with Gasteiger partial charge in [0.15, 0.2) is 11.6 Å². The van der Waals surface area contributed by atoms with E-state index in [1.54, 1.807) is 0 Å². The van der Waals surface area contributed by atoms with Crippen LogP contribution in [0.3, 0.4) is 0 Å². The minimum absolute atomic E-state index is 0.554. The van der Waals surface area contributed by atoms with Crippen LogP contribution in [-0.4, -0.2) is 24.1 Å². The molecular weight excluding hydrogens is 983 g/mol. The van der Waals surface area contributed by atoms with Gasteiger partial charge in [0.05, 0.1) is 27.5 Å². The summed E-state index contributed by atoms with van der Waals surface area (Å²) in [6.45, 7) is 0. The molecule has 0 saturated heterocycles. The van der Waals surface area contributed by atoms with E-state index in [9.17, 15) is 0 Å². The summed E-state index contributed by atoms with van der Waals surface area (Å²) in [6, 6.07) is 104. The summed E-state index contributed by atoms with van der Waals surface area (Å²) in [4.78, 5) is 16.3. The minimum atomic E-state index is -0.581. The third-order valence-electron chi connectivity index (χ3n) is 17.2. The highest BCUT2D eigenvalue weighted by Crippen LogP contribution is 2.57. The molecule has 0 bridgehead atoms. The number of benzene rings is 13. The SMILES string of the molecule is c1ccc(-c2nc(-c3ccc4c(c3)C(c3ccccc3)(c3ccccc3)c3ccccc3-4)nc(-n3c4ccccc4c4c5c6ccccc6n(-c6cccc(-c7ccc8c9ccccc9c9ccccc9c8c7)c6)c5ccc43)n2)cc1. The van der Waals surface area contributed by atoms with Gasteiger partial charge in [0, 0.05) is 38.4 Å². The largest absolute Gasteiger partial charge is 0.309 e. The van der Waals surface area contributed by atoms with E-state index in [0.29, 0.717) is 17.6 Å². The Bertz CT molecular complexity index is 5160. The lowest BCUT2D eigenvalue weighted by molar-refractivity contribution is 0.768. The number of aromatic nitrogens is 5. The summed E-state index contributed by atoms with van der Waals surface area (Å²) in [6.07, 6.45) is 0. The molecule has 13 aromatic carbocycles. The predicted octanol–water partition coefficient (Wildman–Crippen LogP) is 18.9. The molecule has 0 aliphatic heterocycles. The van der Waals surface area contributed by atoms with Gasteiger partial charge in [-0.3, -0.25) is 4.57 Å². The normalized spacial score (nSPS) is 12.8. The molecule has 16 aromatic rings. The van der Waals surface area contributed by atoms with Crippen LogP contribution >= 0.6 is 0 Å². The van der Waals surface area contributed by atoms with E-state index < -0.39 is 5.41 Å². The molecule has 17 rings (SSSR count). The van der Waals surface area contributed by atoms with Crippen molar-refractivity contribution in [1.29, 1.82) is 0 Å². The van der Waals surface area contributed by atoms with E-state index in [1.165, 1.54) is 82.0 Å². The van der Waals surface area contributed by atoms with E-state index in [0.717, 1.165) is 55.2 Å². The van der Waals surface area contributed by atoms with E-state index >= 15 is 0 Å². The number of hydrogen-bond donors (Lipinski definition) is 0. The summed E-state index contributed by atoms with van der Waals surface area (Å²) >= 11 is 0. The molecule has 0 spiro atoms. The second-order valence-electron chi connectivity index (χ2n) is 21.4. The Labute approximate surface area is 467 Å². The third kappa shape index (κ3) is 6.64. The standard InChI is InChI=1S/C76H47N5/c1-4-21-48(22-5-1)73-77-74(51-40-42-61-60-33-14-17-36-65(60)76(66(61)47-51,52-24-6-2-7-25-52)53-26-8-3-9-27-53)79-75(78-73)81-68-38-19-16-35-63(68)72-70(81)44-43-69-71(72)62-34-15-18-37-67(62)80(69)54-28-20-23-49(45-54)50-39-41-59-57-31-11-10-29-55(57)56-30-12-13-32-58(56)64(59)46-50/h1-47H. The molecule has 1 aliphatic carbocycles. The second-order valence-corrected chi connectivity index (χ2v) is 21.4. The van der Waals surface area contributed by atoms with E-state index in [-0.39, 0.29) is 0 Å². The van der Waals surface area contributed by atoms with Gasteiger partial charge >= 0.3 is 0 Å². The monoisotopic (exact) mass is 1030 g/mol. The summed E-state index contributed by atoms with van der Waals surface area (Å²) in [5.41, 5.74) is 16.3. The molecule has 0 saturated carbocycles. The van der Waals surface area contributed by atoms with Crippen LogP contribution in [0.15, 0.2) is 285 Å². The summed E-state index contributed by atoms with van der Waals surface area (Å²) in [5.74, 6) is 1.76. The van der Waals surface area contributed by atoms with Crippen molar-refractivity contribution >= 4 is 75.9 Å². The molecule has 0 atom stereocenters. The fourth-order valence-corrected chi connectivity index (χ4v) is 13.8. The van der Waals surface area contributed by atoms with Crippen LogP contribution in [0.1, 0.15) is 22.3 Å². The first kappa shape index (κ1) is 45.3. The van der Waals surface area contributed by atoms with Crippen LogP contribution in [0.2, 0.25) is 0 Å². The Hall–Kier alpha value is -10.8. The smallest absolute Gasteiger partial charge is 0.238 e. The zero-order chi connectivity index (χ0) is 53.2. The van der Waals surface area contributed by atoms with Gasteiger partial charge in [-0.2, -0.15) is 9.97 Å². The molecule has 5 heteroatoms. The Morgan fingerprint density at radius 1 is 0.259 bits per heavy atom. The van der Waals surface area contributed by atoms with Gasteiger partial charge in [-0.1, -0.05) is 237 Å². The maximum atomic E-state index is 5.56. The maximum absolute atomic E-state index is 5.56. The lowest BCUT2D eigenvalue weighted by Crippen LogP contribution is -2.28. The molecule has 5 nitrogen and oxygen atoms in total. The molecule has 3 heterocycles. The number of rotatable bonds is 7. The second kappa shape index (κ2) is 17.6.